The van der Waals surface area contributed by atoms with Crippen LogP contribution in [0.25, 0.3) is 5.69 Å². The Balaban J connectivity index is 1.70. The lowest BCUT2D eigenvalue weighted by molar-refractivity contribution is -0.113. The molecule has 0 saturated heterocycles. The Morgan fingerprint density at radius 1 is 1.23 bits per heavy atom. The molecule has 0 atom stereocenters. The molecule has 0 bridgehead atoms. The maximum atomic E-state index is 12.2. The topological polar surface area (TPSA) is 59.8 Å². The molecule has 0 fully saturated rings. The van der Waals surface area contributed by atoms with E-state index in [-0.39, 0.29) is 22.5 Å². The molecular formula is C17H13Cl3N4OS. The number of anilines is 1. The highest BCUT2D eigenvalue weighted by Gasteiger charge is 2.13. The summed E-state index contributed by atoms with van der Waals surface area (Å²) in [4.78, 5) is 20.5. The van der Waals surface area contributed by atoms with Crippen LogP contribution in [0.3, 0.4) is 0 Å². The molecule has 0 spiro atoms. The maximum absolute atomic E-state index is 12.2. The summed E-state index contributed by atoms with van der Waals surface area (Å²) in [7, 11) is 0. The highest BCUT2D eigenvalue weighted by atomic mass is 35.5. The van der Waals surface area contributed by atoms with Gasteiger partial charge in [-0.3, -0.25) is 9.36 Å². The van der Waals surface area contributed by atoms with Gasteiger partial charge in [0.1, 0.15) is 0 Å². The number of nitrogens with zero attached hydrogens (tertiary/aromatic N) is 3. The largest absolute Gasteiger partial charge is 0.309 e. The van der Waals surface area contributed by atoms with Crippen LogP contribution in [0, 0.1) is 6.92 Å². The van der Waals surface area contributed by atoms with Crippen LogP contribution in [0.2, 0.25) is 15.1 Å². The van der Waals surface area contributed by atoms with E-state index < -0.39 is 0 Å². The van der Waals surface area contributed by atoms with Crippen molar-refractivity contribution in [2.45, 2.75) is 12.1 Å². The standard InChI is InChI=1S/C17H13Cl3N4OS/c1-10-12(19)3-2-4-14(10)24-6-5-21-17(24)26-9-15(25)23-16-13(20)7-11(18)8-22-16/h2-8H,9H2,1H3,(H,22,23,25). The number of pyridine rings is 1. The van der Waals surface area contributed by atoms with Gasteiger partial charge in [-0.15, -0.1) is 0 Å². The summed E-state index contributed by atoms with van der Waals surface area (Å²) >= 11 is 19.3. The molecule has 0 unspecified atom stereocenters. The van der Waals surface area contributed by atoms with Crippen LogP contribution >= 0.6 is 46.6 Å². The fourth-order valence-electron chi connectivity index (χ4n) is 2.24. The van der Waals surface area contributed by atoms with E-state index in [1.54, 1.807) is 6.20 Å². The fraction of sp³-hybridized carbons (Fsp3) is 0.118. The lowest BCUT2D eigenvalue weighted by Gasteiger charge is -2.11. The molecular weight excluding hydrogens is 415 g/mol. The molecule has 0 aliphatic rings. The zero-order valence-corrected chi connectivity index (χ0v) is 16.6. The van der Waals surface area contributed by atoms with Crippen LogP contribution < -0.4 is 5.32 Å². The Kier molecular flexibility index (Phi) is 6.09. The summed E-state index contributed by atoms with van der Waals surface area (Å²) in [5, 5.41) is 4.70. The quantitative estimate of drug-likeness (QED) is 0.564. The van der Waals surface area contributed by atoms with Gasteiger partial charge in [-0.2, -0.15) is 0 Å². The highest BCUT2D eigenvalue weighted by molar-refractivity contribution is 7.99. The van der Waals surface area contributed by atoms with Crippen molar-refractivity contribution in [3.05, 3.63) is 63.5 Å². The number of rotatable bonds is 5. The van der Waals surface area contributed by atoms with Gasteiger partial charge in [0.15, 0.2) is 11.0 Å². The molecule has 0 radical (unpaired) electrons. The molecule has 9 heteroatoms. The predicted octanol–water partition coefficient (Wildman–Crippen LogP) is 5.27. The second-order valence-electron chi connectivity index (χ2n) is 5.28. The summed E-state index contributed by atoms with van der Waals surface area (Å²) < 4.78 is 1.90. The minimum absolute atomic E-state index is 0.150. The summed E-state index contributed by atoms with van der Waals surface area (Å²) in [6.45, 7) is 1.94. The SMILES string of the molecule is Cc1c(Cl)cccc1-n1ccnc1SCC(=O)Nc1ncc(Cl)cc1Cl. The van der Waals surface area contributed by atoms with Gasteiger partial charge < -0.3 is 5.32 Å². The number of amides is 1. The second-order valence-corrected chi connectivity index (χ2v) is 7.48. The van der Waals surface area contributed by atoms with Crippen LogP contribution in [0.15, 0.2) is 48.0 Å². The van der Waals surface area contributed by atoms with Crippen molar-refractivity contribution in [2.75, 3.05) is 11.1 Å². The van der Waals surface area contributed by atoms with Crippen LogP contribution in [0.5, 0.6) is 0 Å². The van der Waals surface area contributed by atoms with Gasteiger partial charge in [0.2, 0.25) is 5.91 Å². The van der Waals surface area contributed by atoms with Gasteiger partial charge in [0, 0.05) is 23.6 Å². The van der Waals surface area contributed by atoms with E-state index >= 15 is 0 Å². The monoisotopic (exact) mass is 426 g/mol. The highest BCUT2D eigenvalue weighted by Crippen LogP contribution is 2.27. The zero-order chi connectivity index (χ0) is 18.7. The molecule has 3 rings (SSSR count). The van der Waals surface area contributed by atoms with Gasteiger partial charge in [0.25, 0.3) is 0 Å². The molecule has 134 valence electrons. The number of hydrogen-bond acceptors (Lipinski definition) is 4. The summed E-state index contributed by atoms with van der Waals surface area (Å²) in [6, 6.07) is 7.18. The molecule has 1 N–H and O–H groups in total. The van der Waals surface area contributed by atoms with E-state index in [1.807, 2.05) is 35.9 Å². The predicted molar refractivity (Wildman–Crippen MR) is 107 cm³/mol. The van der Waals surface area contributed by atoms with Crippen molar-refractivity contribution in [3.63, 3.8) is 0 Å². The molecule has 0 aliphatic carbocycles. The van der Waals surface area contributed by atoms with Crippen molar-refractivity contribution in [1.82, 2.24) is 14.5 Å². The molecule has 0 saturated carbocycles. The number of carbonyl (C=O) groups is 1. The van der Waals surface area contributed by atoms with Gasteiger partial charge in [-0.25, -0.2) is 9.97 Å². The van der Waals surface area contributed by atoms with E-state index in [4.69, 9.17) is 34.8 Å². The first-order valence-corrected chi connectivity index (χ1v) is 9.60. The van der Waals surface area contributed by atoms with Crippen LogP contribution in [0.4, 0.5) is 5.82 Å². The van der Waals surface area contributed by atoms with Crippen molar-refractivity contribution in [2.24, 2.45) is 0 Å². The van der Waals surface area contributed by atoms with Crippen LogP contribution in [0.1, 0.15) is 5.56 Å². The van der Waals surface area contributed by atoms with Crippen molar-refractivity contribution < 1.29 is 4.79 Å². The molecule has 5 nitrogen and oxygen atoms in total. The molecule has 0 aliphatic heterocycles. The number of halogens is 3. The Hall–Kier alpha value is -1.73. The minimum atomic E-state index is -0.246. The molecule has 1 amide bonds. The number of thioether (sulfide) groups is 1. The first-order chi connectivity index (χ1) is 12.5. The number of hydrogen-bond donors (Lipinski definition) is 1. The van der Waals surface area contributed by atoms with Crippen molar-refractivity contribution in [1.29, 1.82) is 0 Å². The lowest BCUT2D eigenvalue weighted by atomic mass is 10.2. The maximum Gasteiger partial charge on any atom is 0.236 e. The first-order valence-electron chi connectivity index (χ1n) is 7.48. The van der Waals surface area contributed by atoms with Gasteiger partial charge >= 0.3 is 0 Å². The summed E-state index contributed by atoms with van der Waals surface area (Å²) in [5.41, 5.74) is 1.86. The van der Waals surface area contributed by atoms with E-state index in [2.05, 4.69) is 15.3 Å². The van der Waals surface area contributed by atoms with E-state index in [0.717, 1.165) is 11.3 Å². The van der Waals surface area contributed by atoms with Crippen LogP contribution in [-0.4, -0.2) is 26.2 Å². The van der Waals surface area contributed by atoms with Crippen LogP contribution in [-0.2, 0) is 4.79 Å². The van der Waals surface area contributed by atoms with Crippen molar-refractivity contribution >= 4 is 58.3 Å². The number of carbonyl (C=O) groups excluding carboxylic acids is 1. The molecule has 1 aromatic carbocycles. The minimum Gasteiger partial charge on any atom is -0.309 e. The lowest BCUT2D eigenvalue weighted by Crippen LogP contribution is -2.15. The third-order valence-electron chi connectivity index (χ3n) is 3.50. The third kappa shape index (κ3) is 4.32. The Morgan fingerprint density at radius 2 is 2.04 bits per heavy atom. The number of imidazole rings is 1. The van der Waals surface area contributed by atoms with E-state index in [1.165, 1.54) is 24.0 Å². The second kappa shape index (κ2) is 8.31. The Labute approximate surface area is 169 Å². The molecule has 2 aromatic heterocycles. The number of nitrogens with one attached hydrogen (secondary N) is 1. The molecule has 3 aromatic rings. The zero-order valence-electron chi connectivity index (χ0n) is 13.5. The van der Waals surface area contributed by atoms with E-state index in [9.17, 15) is 4.79 Å². The third-order valence-corrected chi connectivity index (χ3v) is 5.37. The summed E-state index contributed by atoms with van der Waals surface area (Å²) in [5.74, 6) is 0.178. The van der Waals surface area contributed by atoms with Gasteiger partial charge in [0.05, 0.1) is 21.5 Å². The van der Waals surface area contributed by atoms with Crippen molar-refractivity contribution in [3.8, 4) is 5.69 Å². The number of benzene rings is 1. The fourth-order valence-corrected chi connectivity index (χ4v) is 3.60. The van der Waals surface area contributed by atoms with E-state index in [0.29, 0.717) is 15.2 Å². The molecule has 26 heavy (non-hydrogen) atoms. The number of aromatic nitrogens is 3. The Morgan fingerprint density at radius 3 is 2.81 bits per heavy atom. The Bertz CT molecular complexity index is 961. The summed E-state index contributed by atoms with van der Waals surface area (Å²) in [6.07, 6.45) is 4.93. The average molecular weight is 428 g/mol. The average Bonchev–Trinajstić information content (AvgIpc) is 3.06. The van der Waals surface area contributed by atoms with Gasteiger partial charge in [-0.05, 0) is 30.7 Å². The van der Waals surface area contributed by atoms with Gasteiger partial charge in [-0.1, -0.05) is 52.6 Å². The smallest absolute Gasteiger partial charge is 0.236 e. The molecule has 2 heterocycles. The normalized spacial score (nSPS) is 10.8. The first kappa shape index (κ1) is 19.0.